The number of nitrogens with zero attached hydrogens (tertiary/aromatic N) is 1. The van der Waals surface area contributed by atoms with E-state index in [4.69, 9.17) is 10.4 Å². The highest BCUT2D eigenvalue weighted by Gasteiger charge is 2.04. The smallest absolute Gasteiger partial charge is 0.247 e. The van der Waals surface area contributed by atoms with Crippen LogP contribution >= 0.6 is 0 Å². The second-order valence-electron chi connectivity index (χ2n) is 3.64. The van der Waals surface area contributed by atoms with E-state index in [-0.39, 0.29) is 0 Å². The van der Waals surface area contributed by atoms with Crippen LogP contribution in [0.5, 0.6) is 0 Å². The minimum absolute atomic E-state index is 0.392. The fraction of sp³-hybridized carbons (Fsp3) is 0.0714. The Hall–Kier alpha value is -2.37. The van der Waals surface area contributed by atoms with Crippen molar-refractivity contribution >= 4 is 17.3 Å². The molecule has 5 nitrogen and oxygen atoms in total. The summed E-state index contributed by atoms with van der Waals surface area (Å²) in [6.45, 7) is 1.30. The third kappa shape index (κ3) is 5.20. The largest absolute Gasteiger partial charge is 0.291 e. The molecule has 0 bridgehead atoms. The molecule has 5 heteroatoms. The number of anilines is 2. The lowest BCUT2D eigenvalue weighted by Gasteiger charge is -2.11. The van der Waals surface area contributed by atoms with Gasteiger partial charge >= 0.3 is 0 Å². The van der Waals surface area contributed by atoms with Crippen LogP contribution in [0.4, 0.5) is 11.4 Å². The third-order valence-corrected chi connectivity index (χ3v) is 2.20. The second kappa shape index (κ2) is 7.86. The number of amides is 1. The van der Waals surface area contributed by atoms with Gasteiger partial charge in [0.05, 0.1) is 11.4 Å². The number of hydrogen-bond acceptors (Lipinski definition) is 4. The lowest BCUT2D eigenvalue weighted by Crippen LogP contribution is -2.23. The van der Waals surface area contributed by atoms with E-state index in [1.165, 1.54) is 6.92 Å². The maximum Gasteiger partial charge on any atom is 0.247 e. The average Bonchev–Trinajstić information content (AvgIpc) is 2.48. The third-order valence-electron chi connectivity index (χ3n) is 2.20. The Morgan fingerprint density at radius 3 is 1.84 bits per heavy atom. The predicted molar refractivity (Wildman–Crippen MR) is 73.2 cm³/mol. The van der Waals surface area contributed by atoms with Gasteiger partial charge in [-0.05, 0) is 24.3 Å². The van der Waals surface area contributed by atoms with Gasteiger partial charge in [-0.25, -0.2) is 0 Å². The van der Waals surface area contributed by atoms with Gasteiger partial charge in [0.25, 0.3) is 0 Å². The van der Waals surface area contributed by atoms with Crippen LogP contribution in [0.2, 0.25) is 0 Å². The van der Waals surface area contributed by atoms with Crippen LogP contribution in [0.3, 0.4) is 0 Å². The molecule has 0 unspecified atom stereocenters. The van der Waals surface area contributed by atoms with Gasteiger partial charge in [-0.3, -0.25) is 20.7 Å². The monoisotopic (exact) mass is 260 g/mol. The molecule has 0 radical (unpaired) electrons. The van der Waals surface area contributed by atoms with Gasteiger partial charge in [-0.1, -0.05) is 36.4 Å². The number of hydrogen-bond donors (Lipinski definition) is 3. The number of benzene rings is 2. The number of rotatable bonds is 2. The number of carbonyl (C=O) groups excluding carboxylic acids is 1. The molecule has 0 atom stereocenters. The molecule has 2 aromatic rings. The van der Waals surface area contributed by atoms with Crippen molar-refractivity contribution in [3.63, 3.8) is 0 Å². The van der Waals surface area contributed by atoms with E-state index in [9.17, 15) is 4.79 Å². The quantitative estimate of drug-likeness (QED) is 0.573. The van der Waals surface area contributed by atoms with Crippen LogP contribution in [0.15, 0.2) is 60.7 Å². The van der Waals surface area contributed by atoms with Gasteiger partial charge in [-0.2, -0.15) is 5.06 Å². The molecule has 0 aliphatic carbocycles. The minimum atomic E-state index is -0.392. The van der Waals surface area contributed by atoms with Crippen LogP contribution in [0.1, 0.15) is 6.92 Å². The Balaban J connectivity index is 0.000000200. The van der Waals surface area contributed by atoms with E-state index in [1.807, 2.05) is 29.7 Å². The summed E-state index contributed by atoms with van der Waals surface area (Å²) in [5.74, 6) is -0.392. The first-order chi connectivity index (χ1) is 9.15. The van der Waals surface area contributed by atoms with Crippen molar-refractivity contribution in [3.8, 4) is 0 Å². The minimum Gasteiger partial charge on any atom is -0.291 e. The van der Waals surface area contributed by atoms with E-state index < -0.39 is 5.91 Å². The summed E-state index contributed by atoms with van der Waals surface area (Å²) < 4.78 is 0. The van der Waals surface area contributed by atoms with E-state index in [0.29, 0.717) is 16.4 Å². The Morgan fingerprint density at radius 1 is 1.00 bits per heavy atom. The van der Waals surface area contributed by atoms with Crippen molar-refractivity contribution < 1.29 is 15.2 Å². The molecule has 2 rings (SSSR count). The Labute approximate surface area is 111 Å². The van der Waals surface area contributed by atoms with E-state index >= 15 is 0 Å². The molecule has 0 aliphatic heterocycles. The maximum atomic E-state index is 10.6. The van der Waals surface area contributed by atoms with Gasteiger partial charge in [0.2, 0.25) is 5.91 Å². The van der Waals surface area contributed by atoms with Gasteiger partial charge < -0.3 is 0 Å². The first kappa shape index (κ1) is 14.7. The molecule has 2 aromatic carbocycles. The molecule has 19 heavy (non-hydrogen) atoms. The van der Waals surface area contributed by atoms with Crippen LogP contribution in [0.25, 0.3) is 0 Å². The molecule has 100 valence electrons. The fourth-order valence-corrected chi connectivity index (χ4v) is 1.26. The summed E-state index contributed by atoms with van der Waals surface area (Å²) in [5, 5.41) is 18.0. The first-order valence-corrected chi connectivity index (χ1v) is 5.65. The summed E-state index contributed by atoms with van der Waals surface area (Å²) in [6.07, 6.45) is 0. The Kier molecular flexibility index (Phi) is 6.08. The van der Waals surface area contributed by atoms with Crippen LogP contribution in [0, 0.1) is 0 Å². The highest BCUT2D eigenvalue weighted by Crippen LogP contribution is 2.09. The van der Waals surface area contributed by atoms with Crippen molar-refractivity contribution in [1.82, 2.24) is 0 Å². The van der Waals surface area contributed by atoms with Crippen molar-refractivity contribution in [1.29, 1.82) is 0 Å². The fourth-order valence-electron chi connectivity index (χ4n) is 1.26. The molecule has 0 aromatic heterocycles. The van der Waals surface area contributed by atoms with Crippen molar-refractivity contribution in [2.75, 3.05) is 10.5 Å². The SMILES string of the molecule is CC(=O)N(O)c1ccccc1.ONc1ccccc1. The van der Waals surface area contributed by atoms with Gasteiger partial charge in [0, 0.05) is 6.92 Å². The molecule has 0 spiro atoms. The molecular weight excluding hydrogens is 244 g/mol. The van der Waals surface area contributed by atoms with Gasteiger partial charge in [-0.15, -0.1) is 0 Å². The van der Waals surface area contributed by atoms with Crippen molar-refractivity contribution in [2.24, 2.45) is 0 Å². The number of para-hydroxylation sites is 2. The molecule has 3 N–H and O–H groups in total. The number of hydroxylamine groups is 1. The molecule has 0 fully saturated rings. The van der Waals surface area contributed by atoms with E-state index in [2.05, 4.69) is 0 Å². The van der Waals surface area contributed by atoms with Crippen LogP contribution in [-0.2, 0) is 4.79 Å². The summed E-state index contributed by atoms with van der Waals surface area (Å²) in [7, 11) is 0. The highest BCUT2D eigenvalue weighted by atomic mass is 16.5. The van der Waals surface area contributed by atoms with E-state index in [0.717, 1.165) is 0 Å². The predicted octanol–water partition coefficient (Wildman–Crippen LogP) is 2.92. The summed E-state index contributed by atoms with van der Waals surface area (Å²) in [6, 6.07) is 17.8. The maximum absolute atomic E-state index is 10.6. The van der Waals surface area contributed by atoms with Crippen molar-refractivity contribution in [2.45, 2.75) is 6.92 Å². The zero-order valence-corrected chi connectivity index (χ0v) is 10.5. The summed E-state index contributed by atoms with van der Waals surface area (Å²) >= 11 is 0. The second-order valence-corrected chi connectivity index (χ2v) is 3.64. The average molecular weight is 260 g/mol. The zero-order valence-electron chi connectivity index (χ0n) is 10.5. The van der Waals surface area contributed by atoms with Crippen LogP contribution in [-0.4, -0.2) is 16.3 Å². The highest BCUT2D eigenvalue weighted by molar-refractivity contribution is 5.88. The first-order valence-electron chi connectivity index (χ1n) is 5.65. The standard InChI is InChI=1S/C8H9NO2.C6H7NO/c1-7(10)9(11)8-5-3-2-4-6-8;8-7-6-4-2-1-3-5-6/h2-6,11H,1H3;1-5,7-8H. The Bertz CT molecular complexity index is 489. The topological polar surface area (TPSA) is 72.8 Å². The lowest BCUT2D eigenvalue weighted by molar-refractivity contribution is -0.121. The molecular formula is C14H16N2O3. The van der Waals surface area contributed by atoms with Gasteiger partial charge in [0.15, 0.2) is 0 Å². The normalized spacial score (nSPS) is 9.00. The summed E-state index contributed by atoms with van der Waals surface area (Å²) in [4.78, 5) is 10.6. The van der Waals surface area contributed by atoms with Crippen molar-refractivity contribution in [3.05, 3.63) is 60.7 Å². The Morgan fingerprint density at radius 2 is 1.47 bits per heavy atom. The van der Waals surface area contributed by atoms with E-state index in [1.54, 1.807) is 36.4 Å². The number of carbonyl (C=O) groups is 1. The molecule has 0 aliphatic rings. The summed E-state index contributed by atoms with van der Waals surface area (Å²) in [5.41, 5.74) is 3.23. The zero-order chi connectivity index (χ0) is 14.1. The van der Waals surface area contributed by atoms with Gasteiger partial charge in [0.1, 0.15) is 0 Å². The molecule has 1 amide bonds. The molecule has 0 saturated heterocycles. The van der Waals surface area contributed by atoms with Crippen LogP contribution < -0.4 is 10.5 Å². The molecule has 0 heterocycles. The number of nitrogens with one attached hydrogen (secondary N) is 1. The molecule has 0 saturated carbocycles. The lowest BCUT2D eigenvalue weighted by atomic mass is 10.3.